The van der Waals surface area contributed by atoms with Crippen molar-refractivity contribution < 1.29 is 19.4 Å². The number of ketones is 1. The number of aliphatic hydroxyl groups is 1. The normalized spacial score (nSPS) is 11.9. The van der Waals surface area contributed by atoms with Crippen LogP contribution in [0.3, 0.4) is 0 Å². The molecule has 5 heteroatoms. The summed E-state index contributed by atoms with van der Waals surface area (Å²) in [5.74, 6) is -0.792. The van der Waals surface area contributed by atoms with Crippen LogP contribution >= 0.6 is 0 Å². The summed E-state index contributed by atoms with van der Waals surface area (Å²) in [5, 5.41) is 9.07. The zero-order valence-corrected chi connectivity index (χ0v) is 16.9. The summed E-state index contributed by atoms with van der Waals surface area (Å²) in [4.78, 5) is 24.9. The van der Waals surface area contributed by atoms with Crippen LogP contribution in [0.5, 0.6) is 0 Å². The van der Waals surface area contributed by atoms with E-state index in [0.717, 1.165) is 17.0 Å². The van der Waals surface area contributed by atoms with Crippen molar-refractivity contribution >= 4 is 11.8 Å². The second-order valence-corrected chi connectivity index (χ2v) is 7.10. The average Bonchev–Trinajstić information content (AvgIpc) is 3.05. The van der Waals surface area contributed by atoms with E-state index in [-0.39, 0.29) is 25.0 Å². The van der Waals surface area contributed by atoms with E-state index in [4.69, 9.17) is 9.84 Å². The standard InChI is InChI=1S/C24H25NO4/c1-16-13-22(18(3)25(16)17(2)20-7-5-4-6-8-20)23(27)15-29-24(28)21-11-9-19(14-26)10-12-21/h4-13,17,26H,14-15H2,1-3H3/t17-/m1/s1. The van der Waals surface area contributed by atoms with E-state index in [1.165, 1.54) is 0 Å². The van der Waals surface area contributed by atoms with Gasteiger partial charge in [-0.25, -0.2) is 4.79 Å². The molecule has 3 aromatic rings. The minimum atomic E-state index is -0.561. The lowest BCUT2D eigenvalue weighted by atomic mass is 10.1. The van der Waals surface area contributed by atoms with Crippen LogP contribution in [0.4, 0.5) is 0 Å². The monoisotopic (exact) mass is 391 g/mol. The molecule has 1 heterocycles. The fourth-order valence-corrected chi connectivity index (χ4v) is 3.57. The van der Waals surface area contributed by atoms with Crippen LogP contribution in [0.1, 0.15) is 56.2 Å². The molecule has 0 saturated heterocycles. The number of hydrogen-bond acceptors (Lipinski definition) is 4. The quantitative estimate of drug-likeness (QED) is 0.483. The minimum Gasteiger partial charge on any atom is -0.454 e. The predicted octanol–water partition coefficient (Wildman–Crippen LogP) is 4.25. The third-order valence-electron chi connectivity index (χ3n) is 5.16. The SMILES string of the molecule is Cc1cc(C(=O)COC(=O)c2ccc(CO)cc2)c(C)n1[C@H](C)c1ccccc1. The Morgan fingerprint density at radius 1 is 1.03 bits per heavy atom. The summed E-state index contributed by atoms with van der Waals surface area (Å²) < 4.78 is 7.33. The highest BCUT2D eigenvalue weighted by atomic mass is 16.5. The average molecular weight is 391 g/mol. The number of benzene rings is 2. The first-order valence-electron chi connectivity index (χ1n) is 9.56. The lowest BCUT2D eigenvalue weighted by Crippen LogP contribution is -2.16. The van der Waals surface area contributed by atoms with Gasteiger partial charge in [-0.3, -0.25) is 4.79 Å². The van der Waals surface area contributed by atoms with Gasteiger partial charge in [0.2, 0.25) is 5.78 Å². The molecule has 29 heavy (non-hydrogen) atoms. The molecule has 0 fully saturated rings. The molecule has 0 unspecified atom stereocenters. The molecule has 0 saturated carbocycles. The fraction of sp³-hybridized carbons (Fsp3) is 0.250. The first kappa shape index (κ1) is 20.6. The van der Waals surface area contributed by atoms with Gasteiger partial charge >= 0.3 is 5.97 Å². The molecule has 0 amide bonds. The third kappa shape index (κ3) is 4.46. The number of aromatic nitrogens is 1. The second-order valence-electron chi connectivity index (χ2n) is 7.10. The smallest absolute Gasteiger partial charge is 0.338 e. The molecule has 150 valence electrons. The van der Waals surface area contributed by atoms with Crippen LogP contribution in [-0.4, -0.2) is 28.0 Å². The van der Waals surface area contributed by atoms with Crippen molar-refractivity contribution in [2.75, 3.05) is 6.61 Å². The summed E-state index contributed by atoms with van der Waals surface area (Å²) >= 11 is 0. The first-order chi connectivity index (χ1) is 13.9. The molecule has 1 aromatic heterocycles. The van der Waals surface area contributed by atoms with Crippen LogP contribution in [0.15, 0.2) is 60.7 Å². The third-order valence-corrected chi connectivity index (χ3v) is 5.16. The summed E-state index contributed by atoms with van der Waals surface area (Å²) in [7, 11) is 0. The van der Waals surface area contributed by atoms with Gasteiger partial charge in [-0.15, -0.1) is 0 Å². The van der Waals surface area contributed by atoms with Crippen LogP contribution < -0.4 is 0 Å². The molecular weight excluding hydrogens is 366 g/mol. The Morgan fingerprint density at radius 2 is 1.69 bits per heavy atom. The Labute approximate surface area is 170 Å². The number of hydrogen-bond donors (Lipinski definition) is 1. The highest BCUT2D eigenvalue weighted by Crippen LogP contribution is 2.25. The zero-order chi connectivity index (χ0) is 21.0. The van der Waals surface area contributed by atoms with Gasteiger partial charge in [0.15, 0.2) is 6.61 Å². The zero-order valence-electron chi connectivity index (χ0n) is 16.9. The van der Waals surface area contributed by atoms with Gasteiger partial charge < -0.3 is 14.4 Å². The molecule has 0 bridgehead atoms. The van der Waals surface area contributed by atoms with E-state index < -0.39 is 5.97 Å². The van der Waals surface area contributed by atoms with Crippen molar-refractivity contribution in [2.45, 2.75) is 33.4 Å². The summed E-state index contributed by atoms with van der Waals surface area (Å²) in [5.41, 5.74) is 4.61. The molecule has 0 radical (unpaired) electrons. The Hall–Kier alpha value is -3.18. The molecule has 1 atom stereocenters. The van der Waals surface area contributed by atoms with Crippen LogP contribution in [0.25, 0.3) is 0 Å². The fourth-order valence-electron chi connectivity index (χ4n) is 3.57. The number of rotatable bonds is 7. The molecule has 0 aliphatic rings. The van der Waals surface area contributed by atoms with Crippen molar-refractivity contribution in [3.8, 4) is 0 Å². The Balaban J connectivity index is 1.72. The summed E-state index contributed by atoms with van der Waals surface area (Å²) in [6.45, 7) is 5.57. The van der Waals surface area contributed by atoms with E-state index in [1.807, 2.05) is 38.1 Å². The van der Waals surface area contributed by atoms with Crippen LogP contribution in [0, 0.1) is 13.8 Å². The largest absolute Gasteiger partial charge is 0.454 e. The Bertz CT molecular complexity index is 1000. The maximum absolute atomic E-state index is 12.7. The number of ether oxygens (including phenoxy) is 1. The minimum absolute atomic E-state index is 0.0883. The van der Waals surface area contributed by atoms with Crippen LogP contribution in [-0.2, 0) is 11.3 Å². The van der Waals surface area contributed by atoms with Crippen molar-refractivity contribution in [3.63, 3.8) is 0 Å². The Morgan fingerprint density at radius 3 is 2.31 bits per heavy atom. The molecule has 0 aliphatic carbocycles. The molecular formula is C24H25NO4. The van der Waals surface area contributed by atoms with Crippen molar-refractivity contribution in [1.82, 2.24) is 4.57 Å². The maximum atomic E-state index is 12.7. The molecule has 2 aromatic carbocycles. The van der Waals surface area contributed by atoms with E-state index in [2.05, 4.69) is 23.6 Å². The highest BCUT2D eigenvalue weighted by molar-refractivity contribution is 6.00. The summed E-state index contributed by atoms with van der Waals surface area (Å²) in [6, 6.07) is 18.5. The van der Waals surface area contributed by atoms with E-state index in [9.17, 15) is 9.59 Å². The second kappa shape index (κ2) is 8.88. The molecule has 1 N–H and O–H groups in total. The number of aryl methyl sites for hydroxylation is 1. The van der Waals surface area contributed by atoms with Crippen molar-refractivity contribution in [3.05, 3.63) is 94.3 Å². The Kier molecular flexibility index (Phi) is 6.29. The molecule has 0 spiro atoms. The molecule has 5 nitrogen and oxygen atoms in total. The van der Waals surface area contributed by atoms with Crippen LogP contribution in [0.2, 0.25) is 0 Å². The van der Waals surface area contributed by atoms with E-state index >= 15 is 0 Å². The van der Waals surface area contributed by atoms with Gasteiger partial charge in [0.25, 0.3) is 0 Å². The van der Waals surface area contributed by atoms with Crippen molar-refractivity contribution in [2.24, 2.45) is 0 Å². The number of Topliss-reactive ketones (excluding diaryl/α,β-unsaturated/α-hetero) is 1. The number of aliphatic hydroxyl groups excluding tert-OH is 1. The number of carbonyl (C=O) groups excluding carboxylic acids is 2. The van der Waals surface area contributed by atoms with Gasteiger partial charge in [0.1, 0.15) is 0 Å². The first-order valence-corrected chi connectivity index (χ1v) is 9.56. The molecule has 3 rings (SSSR count). The number of nitrogens with zero attached hydrogens (tertiary/aromatic N) is 1. The van der Waals surface area contributed by atoms with E-state index in [0.29, 0.717) is 16.7 Å². The lowest BCUT2D eigenvalue weighted by Gasteiger charge is -2.19. The topological polar surface area (TPSA) is 68.5 Å². The van der Waals surface area contributed by atoms with Crippen molar-refractivity contribution in [1.29, 1.82) is 0 Å². The van der Waals surface area contributed by atoms with Gasteiger partial charge in [0, 0.05) is 17.0 Å². The van der Waals surface area contributed by atoms with E-state index in [1.54, 1.807) is 24.3 Å². The van der Waals surface area contributed by atoms with Gasteiger partial charge in [-0.2, -0.15) is 0 Å². The van der Waals surface area contributed by atoms with Gasteiger partial charge in [-0.05, 0) is 50.1 Å². The highest BCUT2D eigenvalue weighted by Gasteiger charge is 2.21. The number of carbonyl (C=O) groups is 2. The maximum Gasteiger partial charge on any atom is 0.338 e. The predicted molar refractivity (Wildman–Crippen MR) is 111 cm³/mol. The summed E-state index contributed by atoms with van der Waals surface area (Å²) in [6.07, 6.45) is 0. The molecule has 0 aliphatic heterocycles. The van der Waals surface area contributed by atoms with Gasteiger partial charge in [0.05, 0.1) is 18.2 Å². The number of esters is 1. The lowest BCUT2D eigenvalue weighted by molar-refractivity contribution is 0.0474. The van der Waals surface area contributed by atoms with Gasteiger partial charge in [-0.1, -0.05) is 42.5 Å².